The lowest BCUT2D eigenvalue weighted by Gasteiger charge is -2.17. The van der Waals surface area contributed by atoms with E-state index >= 15 is 0 Å². The summed E-state index contributed by atoms with van der Waals surface area (Å²) in [6.45, 7) is 4.83. The molecule has 2 unspecified atom stereocenters. The number of epoxide rings is 1. The molecule has 2 heteroatoms. The predicted octanol–water partition coefficient (Wildman–Crippen LogP) is 4.12. The van der Waals surface area contributed by atoms with E-state index in [1.165, 1.54) is 11.1 Å². The van der Waals surface area contributed by atoms with Gasteiger partial charge in [0.1, 0.15) is 12.2 Å². The Labute approximate surface area is 120 Å². The highest BCUT2D eigenvalue weighted by molar-refractivity contribution is 5.22. The van der Waals surface area contributed by atoms with Crippen LogP contribution in [0.1, 0.15) is 31.1 Å². The molecule has 0 aromatic heterocycles. The van der Waals surface area contributed by atoms with Gasteiger partial charge in [0.25, 0.3) is 0 Å². The second kappa shape index (κ2) is 5.39. The maximum Gasteiger partial charge on any atom is 0.117 e. The topological polar surface area (TPSA) is 21.8 Å². The van der Waals surface area contributed by atoms with E-state index in [-0.39, 0.29) is 17.8 Å². The molecule has 0 aliphatic carbocycles. The summed E-state index contributed by atoms with van der Waals surface area (Å²) in [5.74, 6) is 0. The van der Waals surface area contributed by atoms with Crippen molar-refractivity contribution in [1.29, 1.82) is 0 Å². The summed E-state index contributed by atoms with van der Waals surface area (Å²) in [5, 5.41) is 0. The first kappa shape index (κ1) is 13.3. The SMILES string of the molecule is CC1(C)OC1C(OCc1ccccc1)c1ccccc1. The maximum atomic E-state index is 6.15. The van der Waals surface area contributed by atoms with Crippen molar-refractivity contribution in [3.63, 3.8) is 0 Å². The van der Waals surface area contributed by atoms with Crippen molar-refractivity contribution in [2.45, 2.75) is 38.3 Å². The van der Waals surface area contributed by atoms with Crippen molar-refractivity contribution in [3.05, 3.63) is 71.8 Å². The predicted molar refractivity (Wildman–Crippen MR) is 79.4 cm³/mol. The zero-order chi connectivity index (χ0) is 14.0. The minimum atomic E-state index is -0.0861. The zero-order valence-corrected chi connectivity index (χ0v) is 12.0. The average molecular weight is 268 g/mol. The van der Waals surface area contributed by atoms with Crippen molar-refractivity contribution < 1.29 is 9.47 Å². The van der Waals surface area contributed by atoms with Gasteiger partial charge in [0.05, 0.1) is 12.2 Å². The number of benzene rings is 2. The van der Waals surface area contributed by atoms with Crippen LogP contribution in [0.2, 0.25) is 0 Å². The smallest absolute Gasteiger partial charge is 0.117 e. The first-order valence-corrected chi connectivity index (χ1v) is 7.05. The third kappa shape index (κ3) is 2.92. The molecule has 1 aliphatic heterocycles. The van der Waals surface area contributed by atoms with Gasteiger partial charge in [-0.3, -0.25) is 0 Å². The van der Waals surface area contributed by atoms with Crippen molar-refractivity contribution in [3.8, 4) is 0 Å². The molecule has 0 N–H and O–H groups in total. The molecule has 1 saturated heterocycles. The van der Waals surface area contributed by atoms with Gasteiger partial charge in [-0.15, -0.1) is 0 Å². The fourth-order valence-corrected chi connectivity index (χ4v) is 2.48. The molecule has 0 radical (unpaired) electrons. The molecule has 0 bridgehead atoms. The van der Waals surface area contributed by atoms with Crippen LogP contribution in [0.4, 0.5) is 0 Å². The summed E-state index contributed by atoms with van der Waals surface area (Å²) in [7, 11) is 0. The Morgan fingerprint density at radius 1 is 1.00 bits per heavy atom. The van der Waals surface area contributed by atoms with Crippen LogP contribution in [0, 0.1) is 0 Å². The maximum absolute atomic E-state index is 6.15. The molecule has 3 rings (SSSR count). The summed E-state index contributed by atoms with van der Waals surface area (Å²) in [4.78, 5) is 0. The molecule has 2 nitrogen and oxygen atoms in total. The second-order valence-corrected chi connectivity index (χ2v) is 5.77. The molecule has 1 heterocycles. The minimum Gasteiger partial charge on any atom is -0.366 e. The highest BCUT2D eigenvalue weighted by Crippen LogP contribution is 2.45. The average Bonchev–Trinajstić information content (AvgIpc) is 3.10. The van der Waals surface area contributed by atoms with Gasteiger partial charge in [0.2, 0.25) is 0 Å². The standard InChI is InChI=1S/C18H20O2/c1-18(2)17(20-18)16(15-11-7-4-8-12-15)19-13-14-9-5-3-6-10-14/h3-12,16-17H,13H2,1-2H3. The number of ether oxygens (including phenoxy) is 2. The van der Waals surface area contributed by atoms with E-state index in [4.69, 9.17) is 9.47 Å². The van der Waals surface area contributed by atoms with Crippen LogP contribution in [0.25, 0.3) is 0 Å². The molecular weight excluding hydrogens is 248 g/mol. The molecule has 0 spiro atoms. The largest absolute Gasteiger partial charge is 0.366 e. The number of hydrogen-bond donors (Lipinski definition) is 0. The van der Waals surface area contributed by atoms with E-state index in [1.807, 2.05) is 36.4 Å². The third-order valence-corrected chi connectivity index (χ3v) is 3.73. The lowest BCUT2D eigenvalue weighted by molar-refractivity contribution is 0.0202. The van der Waals surface area contributed by atoms with Gasteiger partial charge in [-0.2, -0.15) is 0 Å². The van der Waals surface area contributed by atoms with Gasteiger partial charge >= 0.3 is 0 Å². The molecule has 0 saturated carbocycles. The van der Waals surface area contributed by atoms with Gasteiger partial charge in [-0.1, -0.05) is 60.7 Å². The molecule has 104 valence electrons. The first-order chi connectivity index (χ1) is 9.67. The van der Waals surface area contributed by atoms with E-state index in [0.717, 1.165) is 0 Å². The van der Waals surface area contributed by atoms with Crippen LogP contribution >= 0.6 is 0 Å². The Bertz CT molecular complexity index is 548. The van der Waals surface area contributed by atoms with Crippen LogP contribution < -0.4 is 0 Å². The van der Waals surface area contributed by atoms with Crippen LogP contribution in [0.3, 0.4) is 0 Å². The summed E-state index contributed by atoms with van der Waals surface area (Å²) < 4.78 is 11.9. The summed E-state index contributed by atoms with van der Waals surface area (Å²) in [6.07, 6.45) is 0.125. The van der Waals surface area contributed by atoms with Crippen LogP contribution in [0.5, 0.6) is 0 Å². The highest BCUT2D eigenvalue weighted by atomic mass is 16.6. The minimum absolute atomic E-state index is 0.00796. The zero-order valence-electron chi connectivity index (χ0n) is 12.0. The van der Waals surface area contributed by atoms with Crippen LogP contribution in [-0.2, 0) is 16.1 Å². The Hall–Kier alpha value is -1.64. The van der Waals surface area contributed by atoms with Gasteiger partial charge < -0.3 is 9.47 Å². The molecule has 2 aromatic carbocycles. The second-order valence-electron chi connectivity index (χ2n) is 5.77. The van der Waals surface area contributed by atoms with E-state index in [1.54, 1.807) is 0 Å². The molecule has 0 amide bonds. The Kier molecular flexibility index (Phi) is 3.60. The van der Waals surface area contributed by atoms with E-state index in [0.29, 0.717) is 6.61 Å². The third-order valence-electron chi connectivity index (χ3n) is 3.73. The molecule has 20 heavy (non-hydrogen) atoms. The molecule has 2 atom stereocenters. The molecule has 2 aromatic rings. The monoisotopic (exact) mass is 268 g/mol. The van der Waals surface area contributed by atoms with Crippen molar-refractivity contribution in [2.24, 2.45) is 0 Å². The summed E-state index contributed by atoms with van der Waals surface area (Å²) in [5.41, 5.74) is 2.28. The van der Waals surface area contributed by atoms with Crippen LogP contribution in [-0.4, -0.2) is 11.7 Å². The Morgan fingerprint density at radius 3 is 2.10 bits per heavy atom. The van der Waals surface area contributed by atoms with Crippen molar-refractivity contribution >= 4 is 0 Å². The Balaban J connectivity index is 1.74. The van der Waals surface area contributed by atoms with Gasteiger partial charge in [0.15, 0.2) is 0 Å². The first-order valence-electron chi connectivity index (χ1n) is 7.05. The quantitative estimate of drug-likeness (QED) is 0.761. The lowest BCUT2D eigenvalue weighted by atomic mass is 9.99. The lowest BCUT2D eigenvalue weighted by Crippen LogP contribution is -2.16. The van der Waals surface area contributed by atoms with E-state index in [2.05, 4.69) is 38.1 Å². The van der Waals surface area contributed by atoms with Gasteiger partial charge in [-0.25, -0.2) is 0 Å². The fourth-order valence-electron chi connectivity index (χ4n) is 2.48. The van der Waals surface area contributed by atoms with E-state index in [9.17, 15) is 0 Å². The molecular formula is C18H20O2. The highest BCUT2D eigenvalue weighted by Gasteiger charge is 2.53. The molecule has 1 aliphatic rings. The summed E-state index contributed by atoms with van der Waals surface area (Å²) in [6, 6.07) is 20.6. The molecule has 1 fully saturated rings. The number of rotatable bonds is 5. The van der Waals surface area contributed by atoms with Gasteiger partial charge in [-0.05, 0) is 25.0 Å². The Morgan fingerprint density at radius 2 is 1.55 bits per heavy atom. The van der Waals surface area contributed by atoms with Gasteiger partial charge in [0, 0.05) is 0 Å². The van der Waals surface area contributed by atoms with Crippen molar-refractivity contribution in [2.75, 3.05) is 0 Å². The van der Waals surface area contributed by atoms with Crippen molar-refractivity contribution in [1.82, 2.24) is 0 Å². The van der Waals surface area contributed by atoms with Crippen LogP contribution in [0.15, 0.2) is 60.7 Å². The number of hydrogen-bond acceptors (Lipinski definition) is 2. The fraction of sp³-hybridized carbons (Fsp3) is 0.333. The summed E-state index contributed by atoms with van der Waals surface area (Å²) >= 11 is 0. The van der Waals surface area contributed by atoms with E-state index < -0.39 is 0 Å². The normalized spacial score (nSPS) is 21.4.